The van der Waals surface area contributed by atoms with E-state index in [0.29, 0.717) is 18.0 Å². The van der Waals surface area contributed by atoms with Gasteiger partial charge in [0.2, 0.25) is 11.8 Å². The largest absolute Gasteiger partial charge is 0.352 e. The smallest absolute Gasteiger partial charge is 0.243 e. The first-order valence-corrected chi connectivity index (χ1v) is 11.7. The lowest BCUT2D eigenvalue weighted by molar-refractivity contribution is -0.139. The third kappa shape index (κ3) is 7.06. The van der Waals surface area contributed by atoms with Crippen molar-refractivity contribution < 1.29 is 9.59 Å². The fourth-order valence-electron chi connectivity index (χ4n) is 3.09. The number of hydrogen-bond acceptors (Lipinski definition) is 3. The van der Waals surface area contributed by atoms with Crippen molar-refractivity contribution in [2.24, 2.45) is 0 Å². The van der Waals surface area contributed by atoms with Gasteiger partial charge in [-0.2, -0.15) is 0 Å². The number of thioether (sulfide) groups is 1. The number of rotatable bonds is 10. The number of carbonyl (C=O) groups excluding carboxylic acids is 2. The summed E-state index contributed by atoms with van der Waals surface area (Å²) in [5, 5.41) is 3.71. The number of hydrogen-bond donors (Lipinski definition) is 1. The van der Waals surface area contributed by atoms with Gasteiger partial charge >= 0.3 is 0 Å². The monoisotopic (exact) mass is 446 g/mol. The van der Waals surface area contributed by atoms with E-state index < -0.39 is 6.04 Å². The Bertz CT molecular complexity index is 841. The van der Waals surface area contributed by atoms with E-state index in [1.807, 2.05) is 76.2 Å². The molecule has 0 spiro atoms. The summed E-state index contributed by atoms with van der Waals surface area (Å²) in [6.07, 6.45) is 1.41. The number of amides is 2. The van der Waals surface area contributed by atoms with Crippen LogP contribution in [0.1, 0.15) is 44.7 Å². The summed E-state index contributed by atoms with van der Waals surface area (Å²) >= 11 is 7.41. The van der Waals surface area contributed by atoms with Crippen molar-refractivity contribution in [2.75, 3.05) is 5.75 Å². The molecule has 0 aliphatic heterocycles. The second-order valence-corrected chi connectivity index (χ2v) is 8.92. The minimum absolute atomic E-state index is 0.0515. The van der Waals surface area contributed by atoms with Crippen LogP contribution in [-0.4, -0.2) is 34.6 Å². The normalized spacial score (nSPS) is 12.8. The maximum atomic E-state index is 13.3. The average molecular weight is 447 g/mol. The Hall–Kier alpha value is -1.98. The molecule has 2 amide bonds. The van der Waals surface area contributed by atoms with Crippen LogP contribution in [-0.2, 0) is 16.1 Å². The van der Waals surface area contributed by atoms with E-state index in [9.17, 15) is 9.59 Å². The molecule has 0 bridgehead atoms. The topological polar surface area (TPSA) is 49.4 Å². The van der Waals surface area contributed by atoms with E-state index >= 15 is 0 Å². The van der Waals surface area contributed by atoms with Crippen LogP contribution in [0.5, 0.6) is 0 Å². The molecule has 0 saturated carbocycles. The maximum absolute atomic E-state index is 13.3. The maximum Gasteiger partial charge on any atom is 0.243 e. The van der Waals surface area contributed by atoms with Crippen molar-refractivity contribution in [2.45, 2.75) is 64.1 Å². The van der Waals surface area contributed by atoms with Gasteiger partial charge in [-0.05, 0) is 62.1 Å². The molecule has 0 unspecified atom stereocenters. The zero-order valence-corrected chi connectivity index (χ0v) is 19.7. The molecule has 6 heteroatoms. The molecule has 162 valence electrons. The molecule has 1 N–H and O–H groups in total. The number of aryl methyl sites for hydroxylation is 1. The van der Waals surface area contributed by atoms with Crippen molar-refractivity contribution in [1.82, 2.24) is 10.2 Å². The zero-order chi connectivity index (χ0) is 22.1. The summed E-state index contributed by atoms with van der Waals surface area (Å²) in [6, 6.07) is 15.0. The highest BCUT2D eigenvalue weighted by atomic mass is 35.5. The number of carbonyl (C=O) groups is 2. The van der Waals surface area contributed by atoms with Crippen LogP contribution in [0.15, 0.2) is 53.4 Å². The van der Waals surface area contributed by atoms with Crippen molar-refractivity contribution in [3.8, 4) is 0 Å². The van der Waals surface area contributed by atoms with Gasteiger partial charge in [0, 0.05) is 22.5 Å². The molecule has 2 atom stereocenters. The van der Waals surface area contributed by atoms with E-state index in [4.69, 9.17) is 11.6 Å². The molecular formula is C24H31ClN2O2S. The van der Waals surface area contributed by atoms with Gasteiger partial charge < -0.3 is 10.2 Å². The minimum atomic E-state index is -0.503. The van der Waals surface area contributed by atoms with E-state index in [-0.39, 0.29) is 23.6 Å². The first-order valence-electron chi connectivity index (χ1n) is 10.4. The summed E-state index contributed by atoms with van der Waals surface area (Å²) in [4.78, 5) is 28.9. The molecule has 30 heavy (non-hydrogen) atoms. The Morgan fingerprint density at radius 3 is 2.33 bits per heavy atom. The third-order valence-electron chi connectivity index (χ3n) is 5.16. The molecule has 0 heterocycles. The van der Waals surface area contributed by atoms with E-state index in [0.717, 1.165) is 22.4 Å². The molecular weight excluding hydrogens is 416 g/mol. The molecule has 2 aromatic rings. The number of benzene rings is 2. The first kappa shape index (κ1) is 24.3. The van der Waals surface area contributed by atoms with Gasteiger partial charge in [0.15, 0.2) is 0 Å². The molecule has 0 aliphatic rings. The number of halogens is 1. The highest BCUT2D eigenvalue weighted by Crippen LogP contribution is 2.23. The Balaban J connectivity index is 2.21. The Morgan fingerprint density at radius 2 is 1.73 bits per heavy atom. The van der Waals surface area contributed by atoms with Crippen molar-refractivity contribution in [3.63, 3.8) is 0 Å². The van der Waals surface area contributed by atoms with Crippen molar-refractivity contribution >= 4 is 35.2 Å². The number of nitrogens with one attached hydrogen (secondary N) is 1. The summed E-state index contributed by atoms with van der Waals surface area (Å²) < 4.78 is 0. The fourth-order valence-corrected chi connectivity index (χ4v) is 4.00. The summed E-state index contributed by atoms with van der Waals surface area (Å²) in [7, 11) is 0. The molecule has 2 aromatic carbocycles. The Morgan fingerprint density at radius 1 is 1.07 bits per heavy atom. The summed E-state index contributed by atoms with van der Waals surface area (Å²) in [6.45, 7) is 8.41. The molecule has 0 fully saturated rings. The molecule has 4 nitrogen and oxygen atoms in total. The van der Waals surface area contributed by atoms with Gasteiger partial charge in [-0.1, -0.05) is 49.7 Å². The lowest BCUT2D eigenvalue weighted by Crippen LogP contribution is -2.51. The standard InChI is InChI=1S/C24H31ClN2O2S/c1-5-18(4)26-24(29)22(6-2)27(15-19-10-8-7-9-17(19)3)23(28)16-30-21-13-11-20(25)12-14-21/h7-14,18,22H,5-6,15-16H2,1-4H3,(H,26,29)/t18-,22+/m0/s1. The second kappa shape index (κ2) is 12.0. The van der Waals surface area contributed by atoms with Gasteiger partial charge in [-0.3, -0.25) is 9.59 Å². The molecule has 0 aromatic heterocycles. The van der Waals surface area contributed by atoms with E-state index in [1.165, 1.54) is 11.8 Å². The third-order valence-corrected chi connectivity index (χ3v) is 6.41. The van der Waals surface area contributed by atoms with Gasteiger partial charge in [-0.15, -0.1) is 11.8 Å². The molecule has 0 radical (unpaired) electrons. The van der Waals surface area contributed by atoms with Crippen LogP contribution < -0.4 is 5.32 Å². The highest BCUT2D eigenvalue weighted by Gasteiger charge is 2.29. The van der Waals surface area contributed by atoms with Crippen molar-refractivity contribution in [1.29, 1.82) is 0 Å². The lowest BCUT2D eigenvalue weighted by atomic mass is 10.1. The van der Waals surface area contributed by atoms with E-state index in [2.05, 4.69) is 5.32 Å². The van der Waals surface area contributed by atoms with Crippen LogP contribution in [0, 0.1) is 6.92 Å². The van der Waals surface area contributed by atoms with E-state index in [1.54, 1.807) is 4.90 Å². The fraction of sp³-hybridized carbons (Fsp3) is 0.417. The van der Waals surface area contributed by atoms with Gasteiger partial charge in [-0.25, -0.2) is 0 Å². The van der Waals surface area contributed by atoms with Gasteiger partial charge in [0.25, 0.3) is 0 Å². The predicted molar refractivity (Wildman–Crippen MR) is 126 cm³/mol. The highest BCUT2D eigenvalue weighted by molar-refractivity contribution is 8.00. The molecule has 2 rings (SSSR count). The quantitative estimate of drug-likeness (QED) is 0.493. The number of nitrogens with zero attached hydrogens (tertiary/aromatic N) is 1. The van der Waals surface area contributed by atoms with Crippen LogP contribution in [0.2, 0.25) is 5.02 Å². The van der Waals surface area contributed by atoms with Gasteiger partial charge in [0.1, 0.15) is 6.04 Å². The zero-order valence-electron chi connectivity index (χ0n) is 18.2. The van der Waals surface area contributed by atoms with Crippen LogP contribution in [0.25, 0.3) is 0 Å². The lowest BCUT2D eigenvalue weighted by Gasteiger charge is -2.32. The molecule has 0 aliphatic carbocycles. The van der Waals surface area contributed by atoms with Crippen LogP contribution in [0.4, 0.5) is 0 Å². The SMILES string of the molecule is CC[C@H](C(=O)N[C@@H](C)CC)N(Cc1ccccc1C)C(=O)CSc1ccc(Cl)cc1. The first-order chi connectivity index (χ1) is 14.3. The van der Waals surface area contributed by atoms with Gasteiger partial charge in [0.05, 0.1) is 5.75 Å². The summed E-state index contributed by atoms with van der Waals surface area (Å²) in [5.74, 6) is 0.121. The van der Waals surface area contributed by atoms with Crippen LogP contribution in [0.3, 0.4) is 0 Å². The Kier molecular flexibility index (Phi) is 9.73. The molecule has 0 saturated heterocycles. The predicted octanol–water partition coefficient (Wildman–Crippen LogP) is 5.46. The summed E-state index contributed by atoms with van der Waals surface area (Å²) in [5.41, 5.74) is 2.16. The second-order valence-electron chi connectivity index (χ2n) is 7.43. The van der Waals surface area contributed by atoms with Crippen LogP contribution >= 0.6 is 23.4 Å². The van der Waals surface area contributed by atoms with Crippen molar-refractivity contribution in [3.05, 3.63) is 64.7 Å². The average Bonchev–Trinajstić information content (AvgIpc) is 2.74. The Labute approximate surface area is 189 Å². The minimum Gasteiger partial charge on any atom is -0.352 e.